The highest BCUT2D eigenvalue weighted by atomic mass is 32.2. The van der Waals surface area contributed by atoms with Crippen molar-refractivity contribution in [3.8, 4) is 0 Å². The van der Waals surface area contributed by atoms with Crippen LogP contribution >= 0.6 is 11.8 Å². The average Bonchev–Trinajstić information content (AvgIpc) is 3.28. The van der Waals surface area contributed by atoms with Crippen molar-refractivity contribution in [2.24, 2.45) is 28.0 Å². The number of thioether (sulfide) groups is 1. The van der Waals surface area contributed by atoms with Crippen molar-refractivity contribution in [1.29, 1.82) is 0 Å². The second-order valence-corrected chi connectivity index (χ2v) is 24.3. The third-order valence-electron chi connectivity index (χ3n) is 16.3. The Balaban J connectivity index is 1.02. The number of allylic oxidation sites excluding steroid dienone is 3. The summed E-state index contributed by atoms with van der Waals surface area (Å²) < 4.78 is 58.6. The van der Waals surface area contributed by atoms with E-state index in [2.05, 4.69) is 38.4 Å². The van der Waals surface area contributed by atoms with E-state index in [0.717, 1.165) is 37.1 Å². The Morgan fingerprint density at radius 1 is 1.02 bits per heavy atom. The van der Waals surface area contributed by atoms with Gasteiger partial charge >= 0.3 is 29.9 Å². The van der Waals surface area contributed by atoms with Crippen LogP contribution in [0.5, 0.6) is 0 Å². The Kier molecular flexibility index (Phi) is 23.4. The zero-order valence-corrected chi connectivity index (χ0v) is 49.2. The smallest absolute Gasteiger partial charge is 0.442 e. The predicted octanol–water partition coefficient (Wildman–Crippen LogP) is 6.98. The lowest BCUT2D eigenvalue weighted by Gasteiger charge is -2.32. The number of aliphatic hydroxyl groups is 3. The number of carbonyl (C=O) groups excluding carboxylic acids is 6. The average molecular weight is 1180 g/mol. The molecule has 5 aliphatic rings. The summed E-state index contributed by atoms with van der Waals surface area (Å²) in [6.07, 6.45) is 4.34. The number of ether oxygens (including phenoxy) is 3. The number of unbranched alkanes of at least 4 members (excludes halogenated alkanes) is 2. The van der Waals surface area contributed by atoms with Crippen molar-refractivity contribution in [2.75, 3.05) is 39.5 Å². The number of alkyl carbamates (subject to hydrolysis) is 1. The van der Waals surface area contributed by atoms with Crippen molar-refractivity contribution in [2.45, 2.75) is 196 Å². The molecule has 5 heterocycles. The number of aliphatic hydroxyl groups excluding tert-OH is 2. The topological polar surface area (TPSA) is 273 Å². The number of hydrogen-bond acceptors (Lipinski definition) is 15. The molecule has 7 N–H and O–H groups in total. The van der Waals surface area contributed by atoms with Gasteiger partial charge in [-0.05, 0) is 101 Å². The van der Waals surface area contributed by atoms with E-state index in [9.17, 15) is 57.3 Å². The number of nitrogens with one attached hydrogen (secondary N) is 4. The number of carbonyl (C=O) groups is 6. The second kappa shape index (κ2) is 29.3. The molecule has 0 aromatic heterocycles. The number of alkyl halides is 3. The molecular formula is C58H85F3N8O12S. The van der Waals surface area contributed by atoms with Crippen LogP contribution in [-0.4, -0.2) is 172 Å². The molecule has 1 aromatic rings. The Hall–Kier alpha value is -5.56. The van der Waals surface area contributed by atoms with Crippen LogP contribution in [0.15, 0.2) is 70.4 Å². The fraction of sp³-hybridized carbons (Fsp3) is 0.690. The molecule has 5 aliphatic heterocycles. The number of urea groups is 1. The first kappa shape index (κ1) is 65.6. The van der Waals surface area contributed by atoms with Crippen molar-refractivity contribution in [1.82, 2.24) is 31.1 Å². The molecule has 3 fully saturated rings. The second-order valence-electron chi connectivity index (χ2n) is 23.1. The predicted molar refractivity (Wildman–Crippen MR) is 301 cm³/mol. The van der Waals surface area contributed by atoms with Gasteiger partial charge in [-0.1, -0.05) is 70.6 Å². The standard InChI is InChI=1S/C58H85F3N8O12S/c1-9-43(71)37(5)51-44(79-51)31-34(2)15-14-16-35(3)50-36(4)20-25-46(56(6,78)27-26-40(70)32-48(73)81-50)80-55(77)62-28-13-12-17-41(63-52(74)38-21-23-39(24-22-38)57(66-67-57)58(59,60)61)53(75)69(8)30-29-68(7)47(72)19-11-10-18-45-49-42(33-82-45)64-54(76)65-49/h14-16,20-25,34,36-37,40-46,49-51,70-71,78H,9-13,17-19,26-33H2,1-8H3,(H,62,77)(H,63,74)(H2,64,65,76)/b15-14+,25-20-,35-16+/t34?,36?,37?,40?,41-,42+,43?,44?,45+,46?,49+,50?,51?,56?/m0/s1. The maximum absolute atomic E-state index is 14.0. The largest absolute Gasteiger partial charge is 0.457 e. The Bertz CT molecular complexity index is 2490. The number of fused-ring (bicyclic) bond motifs is 1. The van der Waals surface area contributed by atoms with Gasteiger partial charge < -0.3 is 60.6 Å². The van der Waals surface area contributed by atoms with Crippen molar-refractivity contribution < 1.29 is 71.5 Å². The van der Waals surface area contributed by atoms with Crippen molar-refractivity contribution in [3.63, 3.8) is 0 Å². The van der Waals surface area contributed by atoms with Crippen LogP contribution in [0.1, 0.15) is 135 Å². The van der Waals surface area contributed by atoms with Gasteiger partial charge in [-0.25, -0.2) is 9.59 Å². The number of hydrogen-bond donors (Lipinski definition) is 7. The number of cyclic esters (lactones) is 1. The molecule has 0 radical (unpaired) electrons. The van der Waals surface area contributed by atoms with E-state index < -0.39 is 77.7 Å². The zero-order valence-electron chi connectivity index (χ0n) is 48.4. The first-order valence-corrected chi connectivity index (χ1v) is 29.8. The maximum atomic E-state index is 14.0. The highest BCUT2D eigenvalue weighted by Gasteiger charge is 2.65. The summed E-state index contributed by atoms with van der Waals surface area (Å²) in [7, 11) is 3.18. The number of benzene rings is 1. The van der Waals surface area contributed by atoms with E-state index in [1.165, 1.54) is 42.0 Å². The van der Waals surface area contributed by atoms with Crippen molar-refractivity contribution >= 4 is 47.6 Å². The molecule has 1 aromatic carbocycles. The fourth-order valence-corrected chi connectivity index (χ4v) is 12.2. The molecule has 82 heavy (non-hydrogen) atoms. The minimum absolute atomic E-state index is 0.00484. The van der Waals surface area contributed by atoms with Gasteiger partial charge in [0.2, 0.25) is 11.8 Å². The van der Waals surface area contributed by atoms with Gasteiger partial charge in [-0.2, -0.15) is 24.9 Å². The number of rotatable bonds is 26. The van der Waals surface area contributed by atoms with Crippen LogP contribution in [0.3, 0.4) is 0 Å². The van der Waals surface area contributed by atoms with Crippen LogP contribution in [0.4, 0.5) is 22.8 Å². The first-order valence-electron chi connectivity index (χ1n) is 28.7. The summed E-state index contributed by atoms with van der Waals surface area (Å²) in [6.45, 7) is 11.5. The van der Waals surface area contributed by atoms with Gasteiger partial charge in [0, 0.05) is 74.1 Å². The van der Waals surface area contributed by atoms with E-state index in [0.29, 0.717) is 37.7 Å². The lowest BCUT2D eigenvalue weighted by Crippen LogP contribution is -2.49. The molecule has 24 heteroatoms. The summed E-state index contributed by atoms with van der Waals surface area (Å²) in [5.41, 5.74) is -3.92. The van der Waals surface area contributed by atoms with Crippen LogP contribution in [0.25, 0.3) is 0 Å². The summed E-state index contributed by atoms with van der Waals surface area (Å²) >= 11 is 1.81. The normalized spacial score (nSPS) is 28.9. The molecular weight excluding hydrogens is 1090 g/mol. The summed E-state index contributed by atoms with van der Waals surface area (Å²) in [4.78, 5) is 81.9. The molecule has 20 nitrogen and oxygen atoms in total. The molecule has 0 saturated carbocycles. The van der Waals surface area contributed by atoms with Crippen LogP contribution in [-0.2, 0) is 34.3 Å². The van der Waals surface area contributed by atoms with Crippen LogP contribution in [0.2, 0.25) is 0 Å². The number of epoxide rings is 1. The third kappa shape index (κ3) is 18.2. The van der Waals surface area contributed by atoms with Gasteiger partial charge in [0.05, 0.1) is 42.9 Å². The summed E-state index contributed by atoms with van der Waals surface area (Å²) in [5, 5.41) is 50.7. The summed E-state index contributed by atoms with van der Waals surface area (Å²) in [6, 6.07) is 3.55. The molecule has 0 aliphatic carbocycles. The number of likely N-dealkylation sites (N-methyl/N-ethyl adjacent to an activating group) is 2. The number of halogens is 3. The molecule has 10 unspecified atom stereocenters. The highest BCUT2D eigenvalue weighted by Crippen LogP contribution is 2.52. The van der Waals surface area contributed by atoms with E-state index in [1.807, 2.05) is 57.7 Å². The van der Waals surface area contributed by atoms with Gasteiger partial charge in [0.15, 0.2) is 6.10 Å². The number of nitrogens with zero attached hydrogens (tertiary/aromatic N) is 4. The van der Waals surface area contributed by atoms with Gasteiger partial charge in [-0.3, -0.25) is 19.2 Å². The summed E-state index contributed by atoms with van der Waals surface area (Å²) in [5.74, 6) is -1.33. The molecule has 0 bridgehead atoms. The SMILES string of the molecule is CCC(O)C(C)C1OC1CC(C)/C=C/C=C(\C)C1OC(=O)CC(O)CCC(C)(O)C(OC(=O)NCCCC[C@H](NC(=O)c2ccc(C3(C(F)(F)F)N=N3)cc2)C(=O)N(C)CCN(C)C(=O)CCCC[C@H]2SC[C@H]3NC(=O)N[C@H]32)/C=C\C1C. The number of amides is 6. The minimum Gasteiger partial charge on any atom is -0.457 e. The molecule has 14 atom stereocenters. The fourth-order valence-electron chi connectivity index (χ4n) is 10.7. The van der Waals surface area contributed by atoms with E-state index in [1.54, 1.807) is 13.1 Å². The number of esters is 1. The van der Waals surface area contributed by atoms with Gasteiger partial charge in [0.1, 0.15) is 17.7 Å². The minimum atomic E-state index is -4.76. The van der Waals surface area contributed by atoms with Crippen LogP contribution in [0, 0.1) is 17.8 Å². The maximum Gasteiger partial charge on any atom is 0.442 e. The van der Waals surface area contributed by atoms with Gasteiger partial charge in [0.25, 0.3) is 5.91 Å². The van der Waals surface area contributed by atoms with Crippen molar-refractivity contribution in [3.05, 3.63) is 71.3 Å². The lowest BCUT2D eigenvalue weighted by molar-refractivity contribution is -0.166. The Labute approximate surface area is 483 Å². The lowest BCUT2D eigenvalue weighted by atomic mass is 9.88. The van der Waals surface area contributed by atoms with E-state index in [4.69, 9.17) is 14.2 Å². The monoisotopic (exact) mass is 1170 g/mol. The molecule has 6 rings (SSSR count). The Morgan fingerprint density at radius 3 is 2.41 bits per heavy atom. The van der Waals surface area contributed by atoms with E-state index in [-0.39, 0.29) is 110 Å². The van der Waals surface area contributed by atoms with Crippen LogP contribution < -0.4 is 21.3 Å². The first-order chi connectivity index (χ1) is 38.7. The van der Waals surface area contributed by atoms with E-state index >= 15 is 0 Å². The molecule has 0 spiro atoms. The third-order valence-corrected chi connectivity index (χ3v) is 17.8. The molecule has 3 saturated heterocycles. The molecule has 456 valence electrons. The molecule has 6 amide bonds. The highest BCUT2D eigenvalue weighted by molar-refractivity contribution is 8.00. The Morgan fingerprint density at radius 2 is 1.73 bits per heavy atom. The van der Waals surface area contributed by atoms with Gasteiger partial charge in [-0.15, -0.1) is 10.2 Å². The zero-order chi connectivity index (χ0) is 60.1. The quantitative estimate of drug-likeness (QED) is 0.0123.